The van der Waals surface area contributed by atoms with Crippen molar-refractivity contribution in [2.45, 2.75) is 46.0 Å². The average Bonchev–Trinajstić information content (AvgIpc) is 2.70. The molecule has 0 fully saturated rings. The van der Waals surface area contributed by atoms with E-state index in [4.69, 9.17) is 9.47 Å². The first kappa shape index (κ1) is 23.1. The number of unbranched alkanes of at least 4 members (excludes halogenated alkanes) is 1. The van der Waals surface area contributed by atoms with Crippen LogP contribution in [0.25, 0.3) is 0 Å². The Labute approximate surface area is 178 Å². The standard InChI is InChI=1S/C24H30N2O4/c1-17(2)23(28)30-14-10-9-13-29-19-15-20(24(3,4)5)22(27)21(16-19)26-25-18-11-7-6-8-12-18/h6-8,11-12,15-16,27H,1,9-10,13-14H2,2-5H3. The summed E-state index contributed by atoms with van der Waals surface area (Å²) >= 11 is 0. The van der Waals surface area contributed by atoms with Crippen molar-refractivity contribution in [1.82, 2.24) is 0 Å². The van der Waals surface area contributed by atoms with E-state index in [2.05, 4.69) is 16.8 Å². The predicted octanol–water partition coefficient (Wildman–Crippen LogP) is 6.38. The minimum Gasteiger partial charge on any atom is -0.505 e. The number of nitrogens with zero attached hydrogens (tertiary/aromatic N) is 2. The van der Waals surface area contributed by atoms with Gasteiger partial charge >= 0.3 is 5.97 Å². The van der Waals surface area contributed by atoms with Gasteiger partial charge in [0.15, 0.2) is 0 Å². The molecule has 30 heavy (non-hydrogen) atoms. The molecule has 0 saturated carbocycles. The monoisotopic (exact) mass is 410 g/mol. The zero-order valence-corrected chi connectivity index (χ0v) is 18.1. The van der Waals surface area contributed by atoms with Crippen molar-refractivity contribution in [3.8, 4) is 11.5 Å². The fourth-order valence-corrected chi connectivity index (χ4v) is 2.61. The lowest BCUT2D eigenvalue weighted by Crippen LogP contribution is -2.12. The van der Waals surface area contributed by atoms with Crippen LogP contribution in [0.4, 0.5) is 11.4 Å². The van der Waals surface area contributed by atoms with E-state index in [1.165, 1.54) is 0 Å². The second-order valence-corrected chi connectivity index (χ2v) is 8.10. The highest BCUT2D eigenvalue weighted by Crippen LogP contribution is 2.41. The third-order valence-corrected chi connectivity index (χ3v) is 4.29. The van der Waals surface area contributed by atoms with Crippen molar-refractivity contribution >= 4 is 17.3 Å². The Morgan fingerprint density at radius 3 is 2.37 bits per heavy atom. The lowest BCUT2D eigenvalue weighted by atomic mass is 9.86. The summed E-state index contributed by atoms with van der Waals surface area (Å²) in [6.07, 6.45) is 1.40. The van der Waals surface area contributed by atoms with Crippen LogP contribution in [0.1, 0.15) is 46.1 Å². The maximum Gasteiger partial charge on any atom is 0.333 e. The van der Waals surface area contributed by atoms with Crippen molar-refractivity contribution in [3.63, 3.8) is 0 Å². The Morgan fingerprint density at radius 2 is 1.73 bits per heavy atom. The van der Waals surface area contributed by atoms with E-state index in [9.17, 15) is 9.90 Å². The molecule has 0 radical (unpaired) electrons. The molecule has 0 atom stereocenters. The average molecular weight is 411 g/mol. The molecule has 0 bridgehead atoms. The number of ether oxygens (including phenoxy) is 2. The molecule has 0 spiro atoms. The fraction of sp³-hybridized carbons (Fsp3) is 0.375. The molecule has 0 heterocycles. The van der Waals surface area contributed by atoms with Crippen molar-refractivity contribution < 1.29 is 19.4 Å². The van der Waals surface area contributed by atoms with Gasteiger partial charge in [-0.25, -0.2) is 4.79 Å². The number of esters is 1. The van der Waals surface area contributed by atoms with E-state index >= 15 is 0 Å². The summed E-state index contributed by atoms with van der Waals surface area (Å²) in [6, 6.07) is 12.8. The molecule has 0 unspecified atom stereocenters. The summed E-state index contributed by atoms with van der Waals surface area (Å²) in [6.45, 7) is 12.0. The smallest absolute Gasteiger partial charge is 0.333 e. The summed E-state index contributed by atoms with van der Waals surface area (Å²) in [7, 11) is 0. The van der Waals surface area contributed by atoms with Gasteiger partial charge in [0, 0.05) is 17.2 Å². The molecule has 0 saturated heterocycles. The number of azo groups is 1. The van der Waals surface area contributed by atoms with E-state index in [0.717, 1.165) is 12.0 Å². The predicted molar refractivity (Wildman–Crippen MR) is 118 cm³/mol. The lowest BCUT2D eigenvalue weighted by molar-refractivity contribution is -0.139. The molecule has 6 nitrogen and oxygen atoms in total. The highest BCUT2D eigenvalue weighted by molar-refractivity contribution is 5.86. The van der Waals surface area contributed by atoms with Gasteiger partial charge in [0.05, 0.1) is 18.9 Å². The Kier molecular flexibility index (Phi) is 8.16. The normalized spacial score (nSPS) is 11.5. The van der Waals surface area contributed by atoms with E-state index in [1.54, 1.807) is 13.0 Å². The van der Waals surface area contributed by atoms with Gasteiger partial charge in [-0.05, 0) is 43.4 Å². The third kappa shape index (κ3) is 7.03. The Hall–Kier alpha value is -3.15. The summed E-state index contributed by atoms with van der Waals surface area (Å²) in [5.41, 5.74) is 1.89. The maximum absolute atomic E-state index is 11.4. The molecule has 0 amide bonds. The molecular formula is C24H30N2O4. The van der Waals surface area contributed by atoms with Crippen LogP contribution in [-0.2, 0) is 14.9 Å². The van der Waals surface area contributed by atoms with Crippen molar-refractivity contribution in [1.29, 1.82) is 0 Å². The molecule has 2 aromatic carbocycles. The summed E-state index contributed by atoms with van der Waals surface area (Å²) in [5, 5.41) is 19.1. The van der Waals surface area contributed by atoms with Crippen LogP contribution < -0.4 is 4.74 Å². The van der Waals surface area contributed by atoms with E-state index < -0.39 is 0 Å². The summed E-state index contributed by atoms with van der Waals surface area (Å²) in [5.74, 6) is 0.331. The second-order valence-electron chi connectivity index (χ2n) is 8.10. The van der Waals surface area contributed by atoms with Crippen molar-refractivity contribution in [2.24, 2.45) is 10.2 Å². The largest absolute Gasteiger partial charge is 0.505 e. The van der Waals surface area contributed by atoms with Gasteiger partial charge in [-0.2, -0.15) is 5.11 Å². The van der Waals surface area contributed by atoms with E-state index in [-0.39, 0.29) is 17.1 Å². The number of carbonyl (C=O) groups is 1. The maximum atomic E-state index is 11.4. The number of phenols is 1. The van der Waals surface area contributed by atoms with E-state index in [1.807, 2.05) is 57.2 Å². The van der Waals surface area contributed by atoms with Gasteiger partial charge in [0.25, 0.3) is 0 Å². The number of rotatable bonds is 9. The quantitative estimate of drug-likeness (QED) is 0.225. The Morgan fingerprint density at radius 1 is 1.07 bits per heavy atom. The van der Waals surface area contributed by atoms with Gasteiger partial charge in [-0.15, -0.1) is 5.11 Å². The molecule has 1 N–H and O–H groups in total. The number of benzene rings is 2. The van der Waals surface area contributed by atoms with Crippen LogP contribution in [0.5, 0.6) is 11.5 Å². The van der Waals surface area contributed by atoms with Crippen LogP contribution in [0, 0.1) is 0 Å². The molecule has 2 rings (SSSR count). The first-order valence-electron chi connectivity index (χ1n) is 9.98. The molecule has 160 valence electrons. The van der Waals surface area contributed by atoms with Crippen molar-refractivity contribution in [2.75, 3.05) is 13.2 Å². The number of carbonyl (C=O) groups excluding carboxylic acids is 1. The number of phenolic OH excluding ortho intramolecular Hbond substituents is 1. The van der Waals surface area contributed by atoms with Crippen LogP contribution in [0.15, 0.2) is 64.8 Å². The lowest BCUT2D eigenvalue weighted by Gasteiger charge is -2.22. The number of aromatic hydroxyl groups is 1. The first-order valence-corrected chi connectivity index (χ1v) is 9.98. The molecule has 6 heteroatoms. The minimum atomic E-state index is -0.377. The van der Waals surface area contributed by atoms with Crippen LogP contribution in [0.3, 0.4) is 0 Å². The molecule has 0 aliphatic rings. The van der Waals surface area contributed by atoms with Crippen LogP contribution in [0.2, 0.25) is 0 Å². The number of hydrogen-bond donors (Lipinski definition) is 1. The fourth-order valence-electron chi connectivity index (χ4n) is 2.61. The SMILES string of the molecule is C=C(C)C(=O)OCCCCOc1cc(N=Nc2ccccc2)c(O)c(C(C)(C)C)c1. The van der Waals surface area contributed by atoms with Gasteiger partial charge in [0.2, 0.25) is 0 Å². The Bertz CT molecular complexity index is 899. The minimum absolute atomic E-state index is 0.0984. The highest BCUT2D eigenvalue weighted by atomic mass is 16.5. The molecular weight excluding hydrogens is 380 g/mol. The summed E-state index contributed by atoms with van der Waals surface area (Å²) < 4.78 is 10.9. The van der Waals surface area contributed by atoms with Gasteiger partial charge in [-0.3, -0.25) is 0 Å². The van der Waals surface area contributed by atoms with Gasteiger partial charge in [-0.1, -0.05) is 45.5 Å². The molecule has 0 aromatic heterocycles. The Balaban J connectivity index is 2.07. The molecule has 0 aliphatic carbocycles. The van der Waals surface area contributed by atoms with Crippen molar-refractivity contribution in [3.05, 3.63) is 60.2 Å². The zero-order chi connectivity index (χ0) is 22.1. The first-order chi connectivity index (χ1) is 14.2. The van der Waals surface area contributed by atoms with Crippen LogP contribution >= 0.6 is 0 Å². The summed E-state index contributed by atoms with van der Waals surface area (Å²) in [4.78, 5) is 11.4. The van der Waals surface area contributed by atoms with Crippen LogP contribution in [-0.4, -0.2) is 24.3 Å². The second kappa shape index (κ2) is 10.6. The zero-order valence-electron chi connectivity index (χ0n) is 18.1. The highest BCUT2D eigenvalue weighted by Gasteiger charge is 2.22. The van der Waals surface area contributed by atoms with Gasteiger partial charge in [0.1, 0.15) is 17.2 Å². The number of hydrogen-bond acceptors (Lipinski definition) is 6. The van der Waals surface area contributed by atoms with Gasteiger partial charge < -0.3 is 14.6 Å². The third-order valence-electron chi connectivity index (χ3n) is 4.29. The molecule has 2 aromatic rings. The molecule has 0 aliphatic heterocycles. The van der Waals surface area contributed by atoms with E-state index in [0.29, 0.717) is 42.3 Å². The topological polar surface area (TPSA) is 80.5 Å².